The molecule has 3 heteroatoms. The van der Waals surface area contributed by atoms with Gasteiger partial charge in [-0.2, -0.15) is 0 Å². The largest absolute Gasteiger partial charge is 0.472 e. The highest BCUT2D eigenvalue weighted by atomic mass is 32.1. The van der Waals surface area contributed by atoms with E-state index >= 15 is 0 Å². The number of benzene rings is 8. The zero-order chi connectivity index (χ0) is 33.5. The van der Waals surface area contributed by atoms with Crippen LogP contribution in [0.5, 0.6) is 0 Å². The molecule has 0 saturated carbocycles. The fourth-order valence-corrected chi connectivity index (χ4v) is 9.71. The molecule has 0 unspecified atom stereocenters. The van der Waals surface area contributed by atoms with Crippen molar-refractivity contribution in [1.82, 2.24) is 0 Å². The Hall–Kier alpha value is -6.42. The van der Waals surface area contributed by atoms with Gasteiger partial charge in [0, 0.05) is 48.0 Å². The summed E-state index contributed by atoms with van der Waals surface area (Å²) < 4.78 is 13.7. The third kappa shape index (κ3) is 4.16. The maximum Gasteiger partial charge on any atom is 0.0981 e. The summed E-state index contributed by atoms with van der Waals surface area (Å²) in [6.45, 7) is 0. The average molecular weight is 669 g/mol. The zero-order valence-electron chi connectivity index (χ0n) is 27.4. The molecule has 0 fully saturated rings. The molecule has 0 amide bonds. The van der Waals surface area contributed by atoms with Gasteiger partial charge in [0.2, 0.25) is 0 Å². The highest BCUT2D eigenvalue weighted by molar-refractivity contribution is 7.26. The first-order chi connectivity index (χ1) is 25.3. The highest BCUT2D eigenvalue weighted by Gasteiger charge is 2.21. The lowest BCUT2D eigenvalue weighted by Crippen LogP contribution is -1.90. The molecular formula is C48H28O2S. The Morgan fingerprint density at radius 2 is 0.765 bits per heavy atom. The van der Waals surface area contributed by atoms with Crippen LogP contribution in [0.15, 0.2) is 179 Å². The van der Waals surface area contributed by atoms with Crippen molar-refractivity contribution in [2.75, 3.05) is 0 Å². The van der Waals surface area contributed by atoms with Gasteiger partial charge < -0.3 is 8.83 Å². The molecule has 0 radical (unpaired) electrons. The average Bonchev–Trinajstić information content (AvgIpc) is 3.98. The van der Waals surface area contributed by atoms with Crippen molar-refractivity contribution in [3.63, 3.8) is 0 Å². The lowest BCUT2D eigenvalue weighted by Gasteiger charge is -2.17. The molecule has 11 aromatic rings. The molecule has 0 spiro atoms. The lowest BCUT2D eigenvalue weighted by atomic mass is 9.86. The standard InChI is InChI=1S/C48H28O2S/c1-3-12-35-33(10-1)44(34-11-2-4-13-36(34)45(35)30-22-24-49-27-30)29-20-21-32-41-18-9-19-42(48(41)51-43(32)26-29)47-39-16-7-5-14-37(39)46(31-23-25-50-28-31)38-15-6-8-17-40(38)47/h1-28H. The second-order valence-corrected chi connectivity index (χ2v) is 14.3. The van der Waals surface area contributed by atoms with E-state index in [0.717, 1.165) is 11.1 Å². The zero-order valence-corrected chi connectivity index (χ0v) is 28.2. The molecule has 0 bridgehead atoms. The van der Waals surface area contributed by atoms with Crippen molar-refractivity contribution in [2.45, 2.75) is 0 Å². The van der Waals surface area contributed by atoms with Crippen molar-refractivity contribution in [2.24, 2.45) is 0 Å². The van der Waals surface area contributed by atoms with Crippen molar-refractivity contribution in [1.29, 1.82) is 0 Å². The molecule has 11 rings (SSSR count). The molecule has 3 heterocycles. The van der Waals surface area contributed by atoms with Gasteiger partial charge in [-0.15, -0.1) is 11.3 Å². The van der Waals surface area contributed by atoms with Crippen LogP contribution in [0.25, 0.3) is 108 Å². The SMILES string of the molecule is c1ccc2c(-c3ccc4c(c3)sc3c(-c5c6ccccc6c(-c6ccoc6)c6ccccc56)cccc34)c3ccccc3c(-c3ccoc3)c2c1. The molecule has 0 atom stereocenters. The molecular weight excluding hydrogens is 641 g/mol. The van der Waals surface area contributed by atoms with E-state index in [0.29, 0.717) is 0 Å². The molecule has 3 aromatic heterocycles. The summed E-state index contributed by atoms with van der Waals surface area (Å²) in [5, 5.41) is 12.4. The van der Waals surface area contributed by atoms with Crippen LogP contribution in [-0.4, -0.2) is 0 Å². The maximum atomic E-state index is 5.58. The number of hydrogen-bond acceptors (Lipinski definition) is 3. The molecule has 0 N–H and O–H groups in total. The molecule has 238 valence electrons. The summed E-state index contributed by atoms with van der Waals surface area (Å²) in [6, 6.07) is 53.2. The lowest BCUT2D eigenvalue weighted by molar-refractivity contribution is 0.568. The molecule has 0 saturated heterocycles. The Labute approximate surface area is 297 Å². The van der Waals surface area contributed by atoms with E-state index < -0.39 is 0 Å². The molecule has 0 aliphatic rings. The van der Waals surface area contributed by atoms with Gasteiger partial charge in [0.05, 0.1) is 25.1 Å². The first-order valence-corrected chi connectivity index (χ1v) is 18.0. The van der Waals surface area contributed by atoms with Crippen LogP contribution in [-0.2, 0) is 0 Å². The van der Waals surface area contributed by atoms with Gasteiger partial charge in [0.1, 0.15) is 0 Å². The van der Waals surface area contributed by atoms with Crippen molar-refractivity contribution < 1.29 is 8.83 Å². The Morgan fingerprint density at radius 3 is 1.22 bits per heavy atom. The molecule has 2 nitrogen and oxygen atoms in total. The van der Waals surface area contributed by atoms with Crippen LogP contribution in [0, 0.1) is 0 Å². The topological polar surface area (TPSA) is 26.3 Å². The maximum absolute atomic E-state index is 5.58. The van der Waals surface area contributed by atoms with Gasteiger partial charge in [-0.25, -0.2) is 0 Å². The fraction of sp³-hybridized carbons (Fsp3) is 0. The summed E-state index contributed by atoms with van der Waals surface area (Å²) in [5.74, 6) is 0. The van der Waals surface area contributed by atoms with Gasteiger partial charge in [-0.05, 0) is 78.0 Å². The number of furan rings is 2. The van der Waals surface area contributed by atoms with E-state index in [1.54, 1.807) is 12.5 Å². The first kappa shape index (κ1) is 28.4. The van der Waals surface area contributed by atoms with Crippen molar-refractivity contribution in [3.8, 4) is 44.5 Å². The van der Waals surface area contributed by atoms with Crippen LogP contribution in [0.2, 0.25) is 0 Å². The minimum Gasteiger partial charge on any atom is -0.472 e. The summed E-state index contributed by atoms with van der Waals surface area (Å²) in [4.78, 5) is 0. The van der Waals surface area contributed by atoms with E-state index in [1.165, 1.54) is 96.6 Å². The van der Waals surface area contributed by atoms with Crippen LogP contribution < -0.4 is 0 Å². The second-order valence-electron chi connectivity index (χ2n) is 13.2. The Balaban J connectivity index is 1.18. The first-order valence-electron chi connectivity index (χ1n) is 17.2. The number of hydrogen-bond donors (Lipinski definition) is 0. The quantitative estimate of drug-likeness (QED) is 0.175. The van der Waals surface area contributed by atoms with Gasteiger partial charge in [-0.1, -0.05) is 127 Å². The third-order valence-corrected chi connectivity index (χ3v) is 11.7. The normalized spacial score (nSPS) is 11.9. The molecule has 0 aliphatic carbocycles. The van der Waals surface area contributed by atoms with E-state index in [2.05, 4.69) is 146 Å². The van der Waals surface area contributed by atoms with Crippen LogP contribution >= 0.6 is 11.3 Å². The fourth-order valence-electron chi connectivity index (χ4n) is 8.44. The third-order valence-electron chi connectivity index (χ3n) is 10.5. The number of rotatable bonds is 4. The minimum atomic E-state index is 1.10. The van der Waals surface area contributed by atoms with Gasteiger partial charge in [0.15, 0.2) is 0 Å². The van der Waals surface area contributed by atoms with E-state index in [9.17, 15) is 0 Å². The number of thiophene rings is 1. The summed E-state index contributed by atoms with van der Waals surface area (Å²) in [7, 11) is 0. The smallest absolute Gasteiger partial charge is 0.0981 e. The number of fused-ring (bicyclic) bond motifs is 7. The Bertz CT molecular complexity index is 3010. The predicted molar refractivity (Wildman–Crippen MR) is 216 cm³/mol. The van der Waals surface area contributed by atoms with Gasteiger partial charge >= 0.3 is 0 Å². The predicted octanol–water partition coefficient (Wildman–Crippen LogP) is 14.5. The minimum absolute atomic E-state index is 1.10. The van der Waals surface area contributed by atoms with E-state index in [1.807, 2.05) is 23.9 Å². The Kier molecular flexibility index (Phi) is 6.16. The van der Waals surface area contributed by atoms with E-state index in [-0.39, 0.29) is 0 Å². The summed E-state index contributed by atoms with van der Waals surface area (Å²) in [6.07, 6.45) is 7.23. The second kappa shape index (κ2) is 11.0. The highest BCUT2D eigenvalue weighted by Crippen LogP contribution is 2.49. The van der Waals surface area contributed by atoms with Gasteiger partial charge in [0.25, 0.3) is 0 Å². The van der Waals surface area contributed by atoms with Crippen LogP contribution in [0.1, 0.15) is 0 Å². The molecule has 51 heavy (non-hydrogen) atoms. The Morgan fingerprint density at radius 1 is 0.333 bits per heavy atom. The summed E-state index contributed by atoms with van der Waals surface area (Å²) in [5.41, 5.74) is 9.65. The molecule has 0 aliphatic heterocycles. The van der Waals surface area contributed by atoms with E-state index in [4.69, 9.17) is 8.83 Å². The summed E-state index contributed by atoms with van der Waals surface area (Å²) >= 11 is 1.90. The monoisotopic (exact) mass is 668 g/mol. The van der Waals surface area contributed by atoms with Crippen molar-refractivity contribution in [3.05, 3.63) is 171 Å². The van der Waals surface area contributed by atoms with Crippen molar-refractivity contribution >= 4 is 74.6 Å². The molecule has 8 aromatic carbocycles. The van der Waals surface area contributed by atoms with Gasteiger partial charge in [-0.3, -0.25) is 0 Å². The van der Waals surface area contributed by atoms with Crippen LogP contribution in [0.4, 0.5) is 0 Å². The van der Waals surface area contributed by atoms with Crippen LogP contribution in [0.3, 0.4) is 0 Å².